The molecule has 1 aromatic carbocycles. The van der Waals surface area contributed by atoms with E-state index in [9.17, 15) is 17.2 Å². The molecule has 0 aliphatic rings. The molecule has 0 aliphatic carbocycles. The molecule has 0 bridgehead atoms. The standard InChI is InChI=1S/C12H11F2N3O2S/c13-9-1-2-10(14)8(5-9)6-17-20(18,19)12-7-16-4-3-11(12)15/h1-5,7,17H,6H2,(H2,15,16). The maximum atomic E-state index is 13.4. The molecular formula is C12H11F2N3O2S. The number of benzene rings is 1. The van der Waals surface area contributed by atoms with Crippen LogP contribution in [0, 0.1) is 11.6 Å². The van der Waals surface area contributed by atoms with E-state index >= 15 is 0 Å². The number of anilines is 1. The summed E-state index contributed by atoms with van der Waals surface area (Å²) >= 11 is 0. The average molecular weight is 299 g/mol. The molecule has 2 aromatic rings. The van der Waals surface area contributed by atoms with Crippen LogP contribution in [0.2, 0.25) is 0 Å². The zero-order valence-corrected chi connectivity index (χ0v) is 11.0. The second-order valence-corrected chi connectivity index (χ2v) is 5.71. The van der Waals surface area contributed by atoms with Gasteiger partial charge in [-0.15, -0.1) is 0 Å². The van der Waals surface area contributed by atoms with Gasteiger partial charge < -0.3 is 5.73 Å². The lowest BCUT2D eigenvalue weighted by atomic mass is 10.2. The fourth-order valence-corrected chi connectivity index (χ4v) is 2.62. The third-order valence-electron chi connectivity index (χ3n) is 2.57. The van der Waals surface area contributed by atoms with Crippen molar-refractivity contribution in [2.75, 3.05) is 5.73 Å². The van der Waals surface area contributed by atoms with Gasteiger partial charge in [-0.1, -0.05) is 0 Å². The lowest BCUT2D eigenvalue weighted by molar-refractivity contribution is 0.567. The minimum absolute atomic E-state index is 0.0206. The van der Waals surface area contributed by atoms with Gasteiger partial charge in [0.1, 0.15) is 16.5 Å². The van der Waals surface area contributed by atoms with Gasteiger partial charge in [-0.3, -0.25) is 4.98 Å². The summed E-state index contributed by atoms with van der Waals surface area (Å²) in [7, 11) is -3.95. The van der Waals surface area contributed by atoms with E-state index in [1.165, 1.54) is 12.3 Å². The number of pyridine rings is 1. The first-order valence-corrected chi connectivity index (χ1v) is 7.01. The number of sulfonamides is 1. The Labute approximate surface area is 114 Å². The average Bonchev–Trinajstić information content (AvgIpc) is 2.40. The maximum Gasteiger partial charge on any atom is 0.244 e. The molecule has 8 heteroatoms. The van der Waals surface area contributed by atoms with Gasteiger partial charge in [0.05, 0.1) is 5.69 Å². The summed E-state index contributed by atoms with van der Waals surface area (Å²) in [6, 6.07) is 4.13. The van der Waals surface area contributed by atoms with Crippen LogP contribution in [0.4, 0.5) is 14.5 Å². The van der Waals surface area contributed by atoms with Crippen LogP contribution in [0.25, 0.3) is 0 Å². The molecule has 20 heavy (non-hydrogen) atoms. The van der Waals surface area contributed by atoms with Gasteiger partial charge in [-0.05, 0) is 24.3 Å². The normalized spacial score (nSPS) is 11.5. The van der Waals surface area contributed by atoms with Gasteiger partial charge in [-0.25, -0.2) is 21.9 Å². The summed E-state index contributed by atoms with van der Waals surface area (Å²) in [6.07, 6.45) is 2.43. The van der Waals surface area contributed by atoms with Crippen LogP contribution in [-0.2, 0) is 16.6 Å². The molecule has 0 aliphatic heterocycles. The number of nitrogen functional groups attached to an aromatic ring is 1. The SMILES string of the molecule is Nc1ccncc1S(=O)(=O)NCc1cc(F)ccc1F. The molecule has 0 saturated carbocycles. The number of nitrogens with zero attached hydrogens (tertiary/aromatic N) is 1. The molecule has 0 fully saturated rings. The first kappa shape index (κ1) is 14.4. The van der Waals surface area contributed by atoms with E-state index in [1.807, 2.05) is 0 Å². The lowest BCUT2D eigenvalue weighted by Crippen LogP contribution is -2.24. The Kier molecular flexibility index (Phi) is 3.96. The smallest absolute Gasteiger partial charge is 0.244 e. The first-order chi connectivity index (χ1) is 9.40. The van der Waals surface area contributed by atoms with Crippen LogP contribution in [0.5, 0.6) is 0 Å². The molecule has 0 radical (unpaired) electrons. The first-order valence-electron chi connectivity index (χ1n) is 5.53. The molecule has 0 spiro atoms. The van der Waals surface area contributed by atoms with Gasteiger partial charge >= 0.3 is 0 Å². The summed E-state index contributed by atoms with van der Waals surface area (Å²) in [4.78, 5) is 3.45. The molecule has 1 heterocycles. The summed E-state index contributed by atoms with van der Waals surface area (Å²) in [5.74, 6) is -1.35. The number of hydrogen-bond acceptors (Lipinski definition) is 4. The Balaban J connectivity index is 2.22. The van der Waals surface area contributed by atoms with Gasteiger partial charge in [0.25, 0.3) is 0 Å². The molecule has 3 N–H and O–H groups in total. The van der Waals surface area contributed by atoms with Crippen molar-refractivity contribution < 1.29 is 17.2 Å². The van der Waals surface area contributed by atoms with Crippen LogP contribution in [0.3, 0.4) is 0 Å². The van der Waals surface area contributed by atoms with E-state index < -0.39 is 21.7 Å². The third-order valence-corrected chi connectivity index (χ3v) is 4.01. The highest BCUT2D eigenvalue weighted by atomic mass is 32.2. The second kappa shape index (κ2) is 5.51. The monoisotopic (exact) mass is 299 g/mol. The number of nitrogens with two attached hydrogens (primary N) is 1. The van der Waals surface area contributed by atoms with E-state index in [4.69, 9.17) is 5.73 Å². The minimum Gasteiger partial charge on any atom is -0.398 e. The summed E-state index contributed by atoms with van der Waals surface area (Å²) in [5, 5.41) is 0. The Morgan fingerprint density at radius 1 is 1.25 bits per heavy atom. The predicted molar refractivity (Wildman–Crippen MR) is 69.0 cm³/mol. The topological polar surface area (TPSA) is 85.1 Å². The lowest BCUT2D eigenvalue weighted by Gasteiger charge is -2.09. The number of aromatic nitrogens is 1. The van der Waals surface area contributed by atoms with Crippen molar-refractivity contribution in [2.24, 2.45) is 0 Å². The fraction of sp³-hybridized carbons (Fsp3) is 0.0833. The Hall–Kier alpha value is -2.06. The van der Waals surface area contributed by atoms with Crippen LogP contribution >= 0.6 is 0 Å². The van der Waals surface area contributed by atoms with Crippen LogP contribution in [-0.4, -0.2) is 13.4 Å². The molecule has 5 nitrogen and oxygen atoms in total. The maximum absolute atomic E-state index is 13.4. The van der Waals surface area contributed by atoms with Crippen molar-refractivity contribution in [1.82, 2.24) is 9.71 Å². The largest absolute Gasteiger partial charge is 0.398 e. The van der Waals surface area contributed by atoms with Crippen LogP contribution < -0.4 is 10.5 Å². The molecule has 2 rings (SSSR count). The molecule has 106 valence electrons. The van der Waals surface area contributed by atoms with Gasteiger partial charge in [-0.2, -0.15) is 0 Å². The Bertz CT molecular complexity index is 735. The van der Waals surface area contributed by atoms with Crippen molar-refractivity contribution in [1.29, 1.82) is 0 Å². The highest BCUT2D eigenvalue weighted by Gasteiger charge is 2.18. The minimum atomic E-state index is -3.95. The number of hydrogen-bond donors (Lipinski definition) is 2. The van der Waals surface area contributed by atoms with Crippen molar-refractivity contribution in [3.8, 4) is 0 Å². The Morgan fingerprint density at radius 2 is 2.00 bits per heavy atom. The second-order valence-electron chi connectivity index (χ2n) is 3.97. The molecule has 0 saturated heterocycles. The predicted octanol–water partition coefficient (Wildman–Crippen LogP) is 1.42. The van der Waals surface area contributed by atoms with E-state index in [1.54, 1.807) is 0 Å². The third kappa shape index (κ3) is 3.09. The summed E-state index contributed by atoms with van der Waals surface area (Å²) in [5.41, 5.74) is 5.46. The molecule has 0 unspecified atom stereocenters. The van der Waals surface area contributed by atoms with E-state index in [-0.39, 0.29) is 22.7 Å². The van der Waals surface area contributed by atoms with Crippen molar-refractivity contribution in [2.45, 2.75) is 11.4 Å². The fourth-order valence-electron chi connectivity index (χ4n) is 1.54. The molecule has 1 aromatic heterocycles. The van der Waals surface area contributed by atoms with Crippen LogP contribution in [0.15, 0.2) is 41.6 Å². The van der Waals surface area contributed by atoms with Crippen molar-refractivity contribution >= 4 is 15.7 Å². The van der Waals surface area contributed by atoms with E-state index in [0.717, 1.165) is 24.4 Å². The highest BCUT2D eigenvalue weighted by Crippen LogP contribution is 2.16. The summed E-state index contributed by atoms with van der Waals surface area (Å²) < 4.78 is 52.5. The van der Waals surface area contributed by atoms with Gasteiger partial charge in [0.2, 0.25) is 10.0 Å². The van der Waals surface area contributed by atoms with Crippen molar-refractivity contribution in [3.63, 3.8) is 0 Å². The molecule has 0 amide bonds. The zero-order valence-electron chi connectivity index (χ0n) is 10.2. The Morgan fingerprint density at radius 3 is 2.70 bits per heavy atom. The van der Waals surface area contributed by atoms with E-state index in [2.05, 4.69) is 9.71 Å². The summed E-state index contributed by atoms with van der Waals surface area (Å²) in [6.45, 7) is -0.389. The number of halogens is 2. The van der Waals surface area contributed by atoms with Gasteiger partial charge in [0, 0.05) is 24.5 Å². The number of rotatable bonds is 4. The quantitative estimate of drug-likeness (QED) is 0.894. The highest BCUT2D eigenvalue weighted by molar-refractivity contribution is 7.89. The van der Waals surface area contributed by atoms with Crippen molar-refractivity contribution in [3.05, 3.63) is 53.9 Å². The zero-order chi connectivity index (χ0) is 14.8. The van der Waals surface area contributed by atoms with Gasteiger partial charge in [0.15, 0.2) is 0 Å². The number of nitrogens with one attached hydrogen (secondary N) is 1. The van der Waals surface area contributed by atoms with E-state index in [0.29, 0.717) is 0 Å². The molecular weight excluding hydrogens is 288 g/mol. The molecule has 0 atom stereocenters. The van der Waals surface area contributed by atoms with Crippen LogP contribution in [0.1, 0.15) is 5.56 Å².